The Morgan fingerprint density at radius 2 is 2.06 bits per heavy atom. The summed E-state index contributed by atoms with van der Waals surface area (Å²) in [5.74, 6) is 0.612. The number of hydrogen-bond acceptors (Lipinski definition) is 2. The van der Waals surface area contributed by atoms with Gasteiger partial charge in [0.1, 0.15) is 24.0 Å². The number of nitrogens with zero attached hydrogens (tertiary/aromatic N) is 1. The van der Waals surface area contributed by atoms with Crippen LogP contribution >= 0.6 is 0 Å². The Labute approximate surface area is 94.4 Å². The summed E-state index contributed by atoms with van der Waals surface area (Å²) in [5, 5.41) is 11.1. The van der Waals surface area contributed by atoms with Gasteiger partial charge < -0.3 is 4.74 Å². The predicted molar refractivity (Wildman–Crippen MR) is 64.4 cm³/mol. The fourth-order valence-electron chi connectivity index (χ4n) is 1.64. The largest absolute Gasteiger partial charge is 0.488 e. The van der Waals surface area contributed by atoms with E-state index in [-0.39, 0.29) is 0 Å². The maximum atomic E-state index is 9.16. The normalized spacial score (nSPS) is 9.69. The van der Waals surface area contributed by atoms with Crippen molar-refractivity contribution in [1.29, 1.82) is 5.26 Å². The van der Waals surface area contributed by atoms with E-state index in [4.69, 9.17) is 10.00 Å². The molecule has 0 aromatic heterocycles. The Bertz CT molecular complexity index is 566. The van der Waals surface area contributed by atoms with Crippen LogP contribution in [-0.2, 0) is 0 Å². The summed E-state index contributed by atoms with van der Waals surface area (Å²) < 4.78 is 5.44. The second-order valence-electron chi connectivity index (χ2n) is 3.37. The summed E-state index contributed by atoms with van der Waals surface area (Å²) in [6, 6.07) is 13.7. The van der Waals surface area contributed by atoms with Crippen LogP contribution in [0.5, 0.6) is 5.75 Å². The van der Waals surface area contributed by atoms with E-state index >= 15 is 0 Å². The van der Waals surface area contributed by atoms with Gasteiger partial charge in [-0.15, -0.1) is 0 Å². The van der Waals surface area contributed by atoms with Gasteiger partial charge in [0.25, 0.3) is 0 Å². The van der Waals surface area contributed by atoms with Gasteiger partial charge in [0.05, 0.1) is 0 Å². The number of hydrogen-bond donors (Lipinski definition) is 0. The molecule has 0 amide bonds. The molecule has 0 saturated carbocycles. The predicted octanol–water partition coefficient (Wildman–Crippen LogP) is 3.28. The molecule has 2 aromatic rings. The highest BCUT2D eigenvalue weighted by atomic mass is 16.5. The lowest BCUT2D eigenvalue weighted by atomic mass is 10.0. The molecular weight excluding hydrogens is 198 g/mol. The molecular formula is C14H11NO. The van der Waals surface area contributed by atoms with Crippen LogP contribution in [0.15, 0.2) is 49.1 Å². The molecule has 0 unspecified atom stereocenters. The first kappa shape index (κ1) is 10.3. The minimum atomic E-state index is 0.410. The monoisotopic (exact) mass is 209 g/mol. The number of fused-ring (bicyclic) bond motifs is 1. The van der Waals surface area contributed by atoms with Crippen LogP contribution < -0.4 is 4.74 Å². The first-order valence-corrected chi connectivity index (χ1v) is 5.02. The smallest absolute Gasteiger partial charge is 0.138 e. The van der Waals surface area contributed by atoms with E-state index in [1.807, 2.05) is 36.4 Å². The molecule has 0 saturated heterocycles. The van der Waals surface area contributed by atoms with Gasteiger partial charge in [-0.05, 0) is 11.5 Å². The number of ether oxygens (including phenoxy) is 1. The quantitative estimate of drug-likeness (QED) is 0.727. The minimum absolute atomic E-state index is 0.410. The fraction of sp³-hybridized carbons (Fsp3) is 0.0714. The van der Waals surface area contributed by atoms with Crippen LogP contribution in [0.3, 0.4) is 0 Å². The molecule has 0 aliphatic carbocycles. The molecule has 0 aliphatic heterocycles. The summed E-state index contributed by atoms with van der Waals surface area (Å²) in [6.07, 6.45) is 1.66. The molecule has 0 bridgehead atoms. The fourth-order valence-corrected chi connectivity index (χ4v) is 1.64. The maximum absolute atomic E-state index is 9.16. The number of rotatable bonds is 3. The van der Waals surface area contributed by atoms with Gasteiger partial charge >= 0.3 is 0 Å². The van der Waals surface area contributed by atoms with Crippen LogP contribution in [0.1, 0.15) is 5.56 Å². The summed E-state index contributed by atoms with van der Waals surface area (Å²) in [4.78, 5) is 0. The van der Waals surface area contributed by atoms with Gasteiger partial charge in [-0.1, -0.05) is 43.0 Å². The van der Waals surface area contributed by atoms with Gasteiger partial charge in [-0.3, -0.25) is 0 Å². The van der Waals surface area contributed by atoms with Gasteiger partial charge in [-0.25, -0.2) is 0 Å². The summed E-state index contributed by atoms with van der Waals surface area (Å²) in [5.41, 5.74) is 0.583. The maximum Gasteiger partial charge on any atom is 0.138 e. The lowest BCUT2D eigenvalue weighted by Crippen LogP contribution is -1.95. The first-order valence-electron chi connectivity index (χ1n) is 5.02. The van der Waals surface area contributed by atoms with Crippen LogP contribution in [0.2, 0.25) is 0 Å². The molecule has 0 heterocycles. The Kier molecular flexibility index (Phi) is 2.88. The van der Waals surface area contributed by atoms with Crippen LogP contribution in [0.25, 0.3) is 10.8 Å². The lowest BCUT2D eigenvalue weighted by molar-refractivity contribution is 0.363. The van der Waals surface area contributed by atoms with E-state index in [0.717, 1.165) is 10.8 Å². The van der Waals surface area contributed by atoms with E-state index in [1.54, 1.807) is 6.08 Å². The Balaban J connectivity index is 2.59. The zero-order valence-electron chi connectivity index (χ0n) is 8.81. The van der Waals surface area contributed by atoms with Crippen molar-refractivity contribution in [1.82, 2.24) is 0 Å². The molecule has 16 heavy (non-hydrogen) atoms. The average Bonchev–Trinajstić information content (AvgIpc) is 2.35. The third kappa shape index (κ3) is 1.76. The Hall–Kier alpha value is -2.27. The zero-order valence-corrected chi connectivity index (χ0v) is 8.81. The van der Waals surface area contributed by atoms with E-state index < -0.39 is 0 Å². The molecule has 0 aliphatic rings. The van der Waals surface area contributed by atoms with Gasteiger partial charge in [0.2, 0.25) is 0 Å². The summed E-state index contributed by atoms with van der Waals surface area (Å²) >= 11 is 0. The number of nitriles is 1. The SMILES string of the molecule is C=CCOc1ccc2ccccc2c1C#N. The van der Waals surface area contributed by atoms with Gasteiger partial charge in [-0.2, -0.15) is 5.26 Å². The second kappa shape index (κ2) is 4.50. The molecule has 2 nitrogen and oxygen atoms in total. The highest BCUT2D eigenvalue weighted by Crippen LogP contribution is 2.27. The van der Waals surface area contributed by atoms with Crippen molar-refractivity contribution < 1.29 is 4.74 Å². The van der Waals surface area contributed by atoms with E-state index in [1.165, 1.54) is 0 Å². The van der Waals surface area contributed by atoms with E-state index in [2.05, 4.69) is 12.6 Å². The highest BCUT2D eigenvalue weighted by molar-refractivity contribution is 5.90. The van der Waals surface area contributed by atoms with Crippen molar-refractivity contribution >= 4 is 10.8 Å². The third-order valence-corrected chi connectivity index (χ3v) is 2.36. The molecule has 2 heteroatoms. The minimum Gasteiger partial charge on any atom is -0.488 e. The van der Waals surface area contributed by atoms with Crippen molar-refractivity contribution in [3.05, 3.63) is 54.6 Å². The summed E-state index contributed by atoms with van der Waals surface area (Å²) in [7, 11) is 0. The summed E-state index contributed by atoms with van der Waals surface area (Å²) in [6.45, 7) is 4.00. The Morgan fingerprint density at radius 3 is 2.81 bits per heavy atom. The van der Waals surface area contributed by atoms with Crippen molar-refractivity contribution in [2.24, 2.45) is 0 Å². The molecule has 78 valence electrons. The average molecular weight is 209 g/mol. The van der Waals surface area contributed by atoms with Gasteiger partial charge in [0.15, 0.2) is 0 Å². The molecule has 0 N–H and O–H groups in total. The topological polar surface area (TPSA) is 33.0 Å². The lowest BCUT2D eigenvalue weighted by Gasteiger charge is -2.07. The third-order valence-electron chi connectivity index (χ3n) is 2.36. The van der Waals surface area contributed by atoms with Crippen LogP contribution in [0, 0.1) is 11.3 Å². The van der Waals surface area contributed by atoms with E-state index in [0.29, 0.717) is 17.9 Å². The molecule has 0 spiro atoms. The standard InChI is InChI=1S/C14H11NO/c1-2-9-16-14-8-7-11-5-3-4-6-12(11)13(14)10-15/h2-8H,1,9H2. The molecule has 2 aromatic carbocycles. The second-order valence-corrected chi connectivity index (χ2v) is 3.37. The molecule has 2 rings (SSSR count). The first-order chi connectivity index (χ1) is 7.86. The van der Waals surface area contributed by atoms with Crippen molar-refractivity contribution in [3.63, 3.8) is 0 Å². The Morgan fingerprint density at radius 1 is 1.25 bits per heavy atom. The van der Waals surface area contributed by atoms with Gasteiger partial charge in [0, 0.05) is 5.39 Å². The van der Waals surface area contributed by atoms with Crippen molar-refractivity contribution in [3.8, 4) is 11.8 Å². The molecule has 0 radical (unpaired) electrons. The highest BCUT2D eigenvalue weighted by Gasteiger charge is 2.07. The van der Waals surface area contributed by atoms with Crippen LogP contribution in [-0.4, -0.2) is 6.61 Å². The number of benzene rings is 2. The van der Waals surface area contributed by atoms with Crippen molar-refractivity contribution in [2.45, 2.75) is 0 Å². The molecule has 0 atom stereocenters. The van der Waals surface area contributed by atoms with E-state index in [9.17, 15) is 0 Å². The zero-order chi connectivity index (χ0) is 11.4. The van der Waals surface area contributed by atoms with Crippen molar-refractivity contribution in [2.75, 3.05) is 6.61 Å². The van der Waals surface area contributed by atoms with Crippen LogP contribution in [0.4, 0.5) is 0 Å². The molecule has 0 fully saturated rings.